The molecule has 4 nitrogen and oxygen atoms in total. The van der Waals surface area contributed by atoms with Gasteiger partial charge in [-0.3, -0.25) is 4.79 Å². The van der Waals surface area contributed by atoms with Crippen LogP contribution in [-0.4, -0.2) is 16.2 Å². The van der Waals surface area contributed by atoms with Crippen LogP contribution in [0.25, 0.3) is 12.7 Å². The minimum Gasteiger partial charge on any atom is -0.504 e. The van der Waals surface area contributed by atoms with Crippen LogP contribution >= 0.6 is 0 Å². The van der Waals surface area contributed by atoms with E-state index in [-0.39, 0.29) is 27.4 Å². The summed E-state index contributed by atoms with van der Waals surface area (Å²) in [6.45, 7) is 16.4. The molecule has 4 heteroatoms. The number of aromatic hydroxyl groups is 1. The molecular formula is C36H44O4. The van der Waals surface area contributed by atoms with E-state index in [0.717, 1.165) is 66.5 Å². The summed E-state index contributed by atoms with van der Waals surface area (Å²) in [5, 5.41) is 23.2. The van der Waals surface area contributed by atoms with Crippen molar-refractivity contribution in [1.29, 1.82) is 0 Å². The molecule has 6 rings (SSSR count). The highest BCUT2D eigenvalue weighted by molar-refractivity contribution is 5.74. The van der Waals surface area contributed by atoms with Crippen LogP contribution in [0.4, 0.5) is 0 Å². The van der Waals surface area contributed by atoms with Crippen LogP contribution < -0.4 is 15.2 Å². The normalized spacial score (nSPS) is 38.0. The summed E-state index contributed by atoms with van der Waals surface area (Å²) >= 11 is 0. The van der Waals surface area contributed by atoms with Crippen molar-refractivity contribution in [2.75, 3.05) is 0 Å². The van der Waals surface area contributed by atoms with Crippen molar-refractivity contribution in [1.82, 2.24) is 0 Å². The maximum absolute atomic E-state index is 12.4. The summed E-state index contributed by atoms with van der Waals surface area (Å²) in [4.78, 5) is 12.4. The van der Waals surface area contributed by atoms with E-state index in [0.29, 0.717) is 18.3 Å². The average molecular weight is 541 g/mol. The molecule has 0 amide bonds. The zero-order valence-electron chi connectivity index (χ0n) is 24.8. The molecule has 0 radical (unpaired) electrons. The molecule has 3 fully saturated rings. The van der Waals surface area contributed by atoms with Gasteiger partial charge in [0, 0.05) is 10.6 Å². The quantitative estimate of drug-likeness (QED) is 0.445. The molecule has 2 N–H and O–H groups in total. The topological polar surface area (TPSA) is 66.8 Å². The van der Waals surface area contributed by atoms with Gasteiger partial charge in [-0.25, -0.2) is 0 Å². The third kappa shape index (κ3) is 3.60. The number of carboxylic acids is 1. The monoisotopic (exact) mass is 540 g/mol. The number of benzene rings is 2. The van der Waals surface area contributed by atoms with Gasteiger partial charge in [0.15, 0.2) is 11.5 Å². The molecular weight excluding hydrogens is 496 g/mol. The molecule has 212 valence electrons. The fourth-order valence-electron chi connectivity index (χ4n) is 9.45. The second-order valence-electron chi connectivity index (χ2n) is 14.5. The summed E-state index contributed by atoms with van der Waals surface area (Å²) < 4.78 is 6.12. The van der Waals surface area contributed by atoms with Gasteiger partial charge in [-0.1, -0.05) is 82.3 Å². The number of hydrogen-bond donors (Lipinski definition) is 2. The summed E-state index contributed by atoms with van der Waals surface area (Å²) in [5.74, 6) is 0.310. The lowest BCUT2D eigenvalue weighted by Crippen LogP contribution is -2.63. The molecule has 6 atom stereocenters. The van der Waals surface area contributed by atoms with Crippen molar-refractivity contribution in [3.63, 3.8) is 0 Å². The Balaban J connectivity index is 1.42. The van der Waals surface area contributed by atoms with Crippen LogP contribution in [0, 0.1) is 27.6 Å². The maximum Gasteiger partial charge on any atom is 0.309 e. The molecule has 3 saturated carbocycles. The number of allylic oxidation sites excluding steroid dienone is 2. The summed E-state index contributed by atoms with van der Waals surface area (Å²) in [6, 6.07) is 11.9. The largest absolute Gasteiger partial charge is 0.504 e. The third-order valence-electron chi connectivity index (χ3n) is 12.5. The average Bonchev–Trinajstić information content (AvgIpc) is 2.92. The Morgan fingerprint density at radius 2 is 1.68 bits per heavy atom. The SMILES string of the molecule is C=c1c(OCc2ccccc2)c(O)cc2c1=CC=C1C2(C)CCC2(C)C3CC(C)(C(=O)O)CCC3(C)CCC12C. The van der Waals surface area contributed by atoms with Crippen molar-refractivity contribution in [3.05, 3.63) is 69.6 Å². The number of carbonyl (C=O) groups is 1. The number of phenols is 1. The van der Waals surface area contributed by atoms with Crippen molar-refractivity contribution in [2.24, 2.45) is 27.6 Å². The summed E-state index contributed by atoms with van der Waals surface area (Å²) in [6.07, 6.45) is 11.3. The molecule has 0 aliphatic heterocycles. The Kier molecular flexibility index (Phi) is 5.94. The Morgan fingerprint density at radius 3 is 2.38 bits per heavy atom. The van der Waals surface area contributed by atoms with Crippen LogP contribution in [0.3, 0.4) is 0 Å². The highest BCUT2D eigenvalue weighted by atomic mass is 16.5. The first-order valence-corrected chi connectivity index (χ1v) is 15.0. The summed E-state index contributed by atoms with van der Waals surface area (Å²) in [5.41, 5.74) is 2.85. The van der Waals surface area contributed by atoms with Gasteiger partial charge in [0.1, 0.15) is 6.61 Å². The summed E-state index contributed by atoms with van der Waals surface area (Å²) in [7, 11) is 0. The molecule has 6 unspecified atom stereocenters. The first kappa shape index (κ1) is 27.2. The fourth-order valence-corrected chi connectivity index (χ4v) is 9.45. The second kappa shape index (κ2) is 8.74. The minimum absolute atomic E-state index is 0.00188. The van der Waals surface area contributed by atoms with Gasteiger partial charge < -0.3 is 14.9 Å². The predicted octanol–water partition coefficient (Wildman–Crippen LogP) is 6.86. The van der Waals surface area contributed by atoms with Gasteiger partial charge in [0.25, 0.3) is 0 Å². The number of aliphatic carboxylic acids is 1. The van der Waals surface area contributed by atoms with E-state index in [1.807, 2.05) is 43.3 Å². The van der Waals surface area contributed by atoms with Crippen LogP contribution in [0.5, 0.6) is 11.5 Å². The van der Waals surface area contributed by atoms with Crippen LogP contribution in [0.1, 0.15) is 90.7 Å². The maximum atomic E-state index is 12.4. The number of rotatable bonds is 4. The molecule has 4 aliphatic rings. The van der Waals surface area contributed by atoms with Gasteiger partial charge >= 0.3 is 5.97 Å². The van der Waals surface area contributed by atoms with E-state index in [1.54, 1.807) is 0 Å². The Hall–Kier alpha value is -3.01. The second-order valence-corrected chi connectivity index (χ2v) is 14.5. The molecule has 0 bridgehead atoms. The van der Waals surface area contributed by atoms with E-state index >= 15 is 0 Å². The van der Waals surface area contributed by atoms with Crippen LogP contribution in [-0.2, 0) is 16.8 Å². The van der Waals surface area contributed by atoms with Crippen molar-refractivity contribution in [2.45, 2.75) is 91.6 Å². The van der Waals surface area contributed by atoms with Crippen LogP contribution in [0.2, 0.25) is 0 Å². The first-order chi connectivity index (χ1) is 18.8. The minimum atomic E-state index is -0.656. The van der Waals surface area contributed by atoms with E-state index in [4.69, 9.17) is 4.74 Å². The zero-order valence-corrected chi connectivity index (χ0v) is 24.8. The number of hydrogen-bond acceptors (Lipinski definition) is 3. The van der Waals surface area contributed by atoms with Gasteiger partial charge in [0.05, 0.1) is 5.41 Å². The van der Waals surface area contributed by atoms with E-state index < -0.39 is 11.4 Å². The van der Waals surface area contributed by atoms with Gasteiger partial charge in [-0.2, -0.15) is 0 Å². The van der Waals surface area contributed by atoms with Crippen molar-refractivity contribution < 1.29 is 19.7 Å². The van der Waals surface area contributed by atoms with Crippen molar-refractivity contribution in [3.8, 4) is 11.5 Å². The Labute approximate surface area is 238 Å². The molecule has 40 heavy (non-hydrogen) atoms. The molecule has 0 heterocycles. The first-order valence-electron chi connectivity index (χ1n) is 15.0. The lowest BCUT2D eigenvalue weighted by molar-refractivity contribution is -0.177. The smallest absolute Gasteiger partial charge is 0.309 e. The lowest BCUT2D eigenvalue weighted by atomic mass is 9.35. The van der Waals surface area contributed by atoms with Gasteiger partial charge in [-0.05, 0) is 96.4 Å². The molecule has 2 aromatic carbocycles. The molecule has 4 aliphatic carbocycles. The van der Waals surface area contributed by atoms with Crippen LogP contribution in [0.15, 0.2) is 48.0 Å². The van der Waals surface area contributed by atoms with E-state index in [2.05, 4.69) is 46.4 Å². The Bertz CT molecular complexity index is 1520. The number of phenolic OH excluding ortho intramolecular Hbond substituents is 1. The number of carboxylic acid groups (broad SMARTS) is 1. The predicted molar refractivity (Wildman–Crippen MR) is 159 cm³/mol. The molecule has 0 aromatic heterocycles. The van der Waals surface area contributed by atoms with E-state index in [9.17, 15) is 15.0 Å². The fraction of sp³-hybridized carbons (Fsp3) is 0.528. The zero-order chi connectivity index (χ0) is 28.7. The lowest BCUT2D eigenvalue weighted by Gasteiger charge is -2.69. The van der Waals surface area contributed by atoms with Gasteiger partial charge in [-0.15, -0.1) is 0 Å². The standard InChI is InChI=1S/C36H44O4/c1-23-25-12-13-28-34(4,26(25)20-27(37)30(23)40-22-24-10-8-7-9-11-24)17-19-36(6)29-21-33(3,31(38)39)15-14-32(29,2)16-18-35(28,36)5/h7-13,20,29,37H,1,14-19,21-22H2,2-6H3,(H,38,39). The van der Waals surface area contributed by atoms with Crippen molar-refractivity contribution >= 4 is 18.6 Å². The molecule has 0 spiro atoms. The number of fused-ring (bicyclic) bond motifs is 7. The number of ether oxygens (including phenoxy) is 1. The highest BCUT2D eigenvalue weighted by Crippen LogP contribution is 2.74. The molecule has 2 aromatic rings. The highest BCUT2D eigenvalue weighted by Gasteiger charge is 2.66. The Morgan fingerprint density at radius 1 is 0.975 bits per heavy atom. The third-order valence-corrected chi connectivity index (χ3v) is 12.5. The molecule has 0 saturated heterocycles. The van der Waals surface area contributed by atoms with Gasteiger partial charge in [0.2, 0.25) is 0 Å². The van der Waals surface area contributed by atoms with E-state index in [1.165, 1.54) is 5.57 Å².